The number of fused-ring (bicyclic) bond motifs is 3. The van der Waals surface area contributed by atoms with Gasteiger partial charge in [0.2, 0.25) is 5.96 Å². The number of hydrogen-bond donors (Lipinski definition) is 2. The highest BCUT2D eigenvalue weighted by molar-refractivity contribution is 6.00. The number of nitrogens with one attached hydrogen (secondary N) is 1. The van der Waals surface area contributed by atoms with Crippen molar-refractivity contribution in [3.63, 3.8) is 0 Å². The van der Waals surface area contributed by atoms with Crippen LogP contribution in [0, 0.1) is 0 Å². The monoisotopic (exact) mass is 376 g/mol. The van der Waals surface area contributed by atoms with E-state index in [9.17, 15) is 0 Å². The molecular weight excluding hydrogens is 356 g/mol. The molecule has 0 aliphatic heterocycles. The van der Waals surface area contributed by atoms with Gasteiger partial charge in [-0.2, -0.15) is 5.10 Å². The van der Waals surface area contributed by atoms with Gasteiger partial charge in [-0.3, -0.25) is 0 Å². The van der Waals surface area contributed by atoms with Gasteiger partial charge in [-0.1, -0.05) is 54.6 Å². The highest BCUT2D eigenvalue weighted by atomic mass is 35.5. The molecule has 3 aromatic carbocycles. The molecule has 0 bridgehead atoms. The van der Waals surface area contributed by atoms with Crippen LogP contribution in [0.3, 0.4) is 0 Å². The van der Waals surface area contributed by atoms with Crippen LogP contribution in [-0.2, 0) is 6.42 Å². The van der Waals surface area contributed by atoms with Crippen LogP contribution < -0.4 is 11.2 Å². The smallest absolute Gasteiger partial charge is 0.214 e. The van der Waals surface area contributed by atoms with Gasteiger partial charge in [0.1, 0.15) is 0 Å². The lowest BCUT2D eigenvalue weighted by Gasteiger charge is -2.06. The van der Waals surface area contributed by atoms with Gasteiger partial charge < -0.3 is 5.73 Å². The van der Waals surface area contributed by atoms with E-state index in [1.807, 2.05) is 37.3 Å². The summed E-state index contributed by atoms with van der Waals surface area (Å²) >= 11 is 0. The number of para-hydroxylation sites is 1. The second-order valence-corrected chi connectivity index (χ2v) is 6.35. The minimum atomic E-state index is 0. The minimum Gasteiger partial charge on any atom is -0.368 e. The molecule has 136 valence electrons. The maximum atomic E-state index is 5.91. The van der Waals surface area contributed by atoms with Crippen LogP contribution >= 0.6 is 12.4 Å². The number of nitrogens with zero attached hydrogens (tertiary/aromatic N) is 2. The molecule has 0 amide bonds. The van der Waals surface area contributed by atoms with Crippen molar-refractivity contribution >= 4 is 29.8 Å². The Balaban J connectivity index is 0.00000210. The predicted molar refractivity (Wildman–Crippen MR) is 115 cm³/mol. The molecule has 0 fully saturated rings. The number of halogens is 1. The van der Waals surface area contributed by atoms with E-state index in [2.05, 4.69) is 58.0 Å². The van der Waals surface area contributed by atoms with Crippen molar-refractivity contribution in [3.05, 3.63) is 89.5 Å². The van der Waals surface area contributed by atoms with E-state index >= 15 is 0 Å². The van der Waals surface area contributed by atoms with E-state index in [1.165, 1.54) is 22.3 Å². The third-order valence-corrected chi connectivity index (χ3v) is 4.56. The molecule has 1 aliphatic carbocycles. The van der Waals surface area contributed by atoms with Crippen molar-refractivity contribution in [2.45, 2.75) is 13.3 Å². The van der Waals surface area contributed by atoms with Crippen LogP contribution in [0.1, 0.15) is 23.6 Å². The Hall–Kier alpha value is -3.11. The van der Waals surface area contributed by atoms with Gasteiger partial charge in [0, 0.05) is 0 Å². The summed E-state index contributed by atoms with van der Waals surface area (Å²) in [5.41, 5.74) is 16.9. The molecule has 0 saturated heterocycles. The second kappa shape index (κ2) is 8.06. The minimum absolute atomic E-state index is 0. The van der Waals surface area contributed by atoms with Gasteiger partial charge in [0.15, 0.2) is 0 Å². The molecular formula is C22H21ClN4. The SMILES string of the molecule is CC(=NNC(N)=Nc1ccccc1)c1ccc2c(c1)Cc1ccccc1-2.Cl. The third-order valence-electron chi connectivity index (χ3n) is 4.56. The molecule has 27 heavy (non-hydrogen) atoms. The van der Waals surface area contributed by atoms with Gasteiger partial charge in [0.05, 0.1) is 11.4 Å². The van der Waals surface area contributed by atoms with E-state index in [1.54, 1.807) is 0 Å². The standard InChI is InChI=1S/C22H20N4.ClH/c1-15(25-26-22(23)24-19-8-3-2-4-9-19)16-11-12-21-18(13-16)14-17-7-5-6-10-20(17)21;/h2-13H,14H2,1H3,(H3,23,24,26);1H. The van der Waals surface area contributed by atoms with Crippen LogP contribution in [0.25, 0.3) is 11.1 Å². The lowest BCUT2D eigenvalue weighted by atomic mass is 10.0. The van der Waals surface area contributed by atoms with Crippen molar-refractivity contribution in [1.82, 2.24) is 5.43 Å². The molecule has 1 aliphatic rings. The number of aliphatic imine (C=N–C) groups is 1. The quantitative estimate of drug-likeness (QED) is 0.311. The fraction of sp³-hybridized carbons (Fsp3) is 0.0909. The Labute approximate surface area is 165 Å². The summed E-state index contributed by atoms with van der Waals surface area (Å²) in [4.78, 5) is 4.29. The molecule has 5 heteroatoms. The van der Waals surface area contributed by atoms with Crippen molar-refractivity contribution < 1.29 is 0 Å². The normalized spacial score (nSPS) is 12.8. The first-order chi connectivity index (χ1) is 12.7. The Kier molecular flexibility index (Phi) is 5.57. The zero-order valence-electron chi connectivity index (χ0n) is 15.0. The first-order valence-electron chi connectivity index (χ1n) is 8.62. The number of benzene rings is 3. The number of rotatable bonds is 3. The Morgan fingerprint density at radius 2 is 1.59 bits per heavy atom. The molecule has 4 rings (SSSR count). The Morgan fingerprint density at radius 1 is 0.889 bits per heavy atom. The zero-order chi connectivity index (χ0) is 17.9. The van der Waals surface area contributed by atoms with Crippen molar-refractivity contribution in [1.29, 1.82) is 0 Å². The van der Waals surface area contributed by atoms with E-state index in [4.69, 9.17) is 5.73 Å². The highest BCUT2D eigenvalue weighted by Crippen LogP contribution is 2.36. The summed E-state index contributed by atoms with van der Waals surface area (Å²) in [7, 11) is 0. The molecule has 0 heterocycles. The fourth-order valence-corrected chi connectivity index (χ4v) is 3.24. The summed E-state index contributed by atoms with van der Waals surface area (Å²) in [5.74, 6) is 0.268. The van der Waals surface area contributed by atoms with E-state index in [0.29, 0.717) is 0 Å². The number of nitrogens with two attached hydrogens (primary N) is 1. The van der Waals surface area contributed by atoms with Crippen molar-refractivity contribution in [2.75, 3.05) is 0 Å². The second-order valence-electron chi connectivity index (χ2n) is 6.35. The molecule has 4 nitrogen and oxygen atoms in total. The van der Waals surface area contributed by atoms with Crippen molar-refractivity contribution in [2.24, 2.45) is 15.8 Å². The summed E-state index contributed by atoms with van der Waals surface area (Å²) in [6, 6.07) is 24.6. The van der Waals surface area contributed by atoms with Crippen molar-refractivity contribution in [3.8, 4) is 11.1 Å². The molecule has 3 N–H and O–H groups in total. The van der Waals surface area contributed by atoms with Gasteiger partial charge in [-0.15, -0.1) is 12.4 Å². The summed E-state index contributed by atoms with van der Waals surface area (Å²) < 4.78 is 0. The highest BCUT2D eigenvalue weighted by Gasteiger charge is 2.18. The third kappa shape index (κ3) is 4.01. The molecule has 0 atom stereocenters. The van der Waals surface area contributed by atoms with E-state index < -0.39 is 0 Å². The van der Waals surface area contributed by atoms with Crippen LogP contribution in [-0.4, -0.2) is 11.7 Å². The topological polar surface area (TPSA) is 62.8 Å². The lowest BCUT2D eigenvalue weighted by molar-refractivity contribution is 1.00. The summed E-state index contributed by atoms with van der Waals surface area (Å²) in [5, 5.41) is 4.38. The molecule has 3 aromatic rings. The van der Waals surface area contributed by atoms with Crippen LogP contribution in [0.15, 0.2) is 82.9 Å². The number of hydrogen-bond acceptors (Lipinski definition) is 2. The number of guanidine groups is 1. The first-order valence-corrected chi connectivity index (χ1v) is 8.62. The molecule has 0 saturated carbocycles. The van der Waals surface area contributed by atoms with Gasteiger partial charge >= 0.3 is 0 Å². The molecule has 0 aromatic heterocycles. The van der Waals surface area contributed by atoms with Crippen LogP contribution in [0.2, 0.25) is 0 Å². The van der Waals surface area contributed by atoms with Gasteiger partial charge in [-0.05, 0) is 59.4 Å². The average molecular weight is 377 g/mol. The van der Waals surface area contributed by atoms with Gasteiger partial charge in [-0.25, -0.2) is 10.4 Å². The largest absolute Gasteiger partial charge is 0.368 e. The van der Waals surface area contributed by atoms with Crippen LogP contribution in [0.5, 0.6) is 0 Å². The lowest BCUT2D eigenvalue weighted by Crippen LogP contribution is -2.27. The van der Waals surface area contributed by atoms with Gasteiger partial charge in [0.25, 0.3) is 0 Å². The van der Waals surface area contributed by atoms with E-state index in [0.717, 1.165) is 23.4 Å². The average Bonchev–Trinajstić information content (AvgIpc) is 3.04. The number of hydrazone groups is 1. The molecule has 0 unspecified atom stereocenters. The van der Waals surface area contributed by atoms with E-state index in [-0.39, 0.29) is 18.4 Å². The van der Waals surface area contributed by atoms with Crippen LogP contribution in [0.4, 0.5) is 5.69 Å². The maximum absolute atomic E-state index is 5.91. The Morgan fingerprint density at radius 3 is 2.41 bits per heavy atom. The molecule has 0 radical (unpaired) electrons. The summed E-state index contributed by atoms with van der Waals surface area (Å²) in [6.45, 7) is 1.96. The summed E-state index contributed by atoms with van der Waals surface area (Å²) in [6.07, 6.45) is 0.970. The maximum Gasteiger partial charge on any atom is 0.214 e. The zero-order valence-corrected chi connectivity index (χ0v) is 15.8. The predicted octanol–water partition coefficient (Wildman–Crippen LogP) is 4.64. The molecule has 0 spiro atoms. The Bertz CT molecular complexity index is 1010. The first kappa shape index (κ1) is 18.7. The fourth-order valence-electron chi connectivity index (χ4n) is 3.24.